The van der Waals surface area contributed by atoms with Crippen molar-refractivity contribution in [2.24, 2.45) is 10.2 Å². The summed E-state index contributed by atoms with van der Waals surface area (Å²) < 4.78 is 11.0. The Morgan fingerprint density at radius 3 is 2.03 bits per heavy atom. The second kappa shape index (κ2) is 10.2. The Morgan fingerprint density at radius 1 is 0.853 bits per heavy atom. The molecule has 3 N–H and O–H groups in total. The molecule has 0 radical (unpaired) electrons. The lowest BCUT2D eigenvalue weighted by Crippen LogP contribution is -2.28. The molecule has 0 aromatic heterocycles. The highest BCUT2D eigenvalue weighted by atomic mass is 16.5. The lowest BCUT2D eigenvalue weighted by molar-refractivity contribution is 0.0946. The smallest absolute Gasteiger partial charge is 0.271 e. The number of hydrazone groups is 2. The van der Waals surface area contributed by atoms with Gasteiger partial charge in [0.15, 0.2) is 11.8 Å². The normalized spacial score (nSPS) is 17.3. The molecule has 2 amide bonds. The van der Waals surface area contributed by atoms with Crippen LogP contribution in [-0.4, -0.2) is 36.2 Å². The minimum absolute atomic E-state index is 0.00883. The summed E-state index contributed by atoms with van der Waals surface area (Å²) in [6.45, 7) is 0. The van der Waals surface area contributed by atoms with Crippen molar-refractivity contribution in [2.75, 3.05) is 7.11 Å². The molecular formula is C25H21N5O4. The van der Waals surface area contributed by atoms with Crippen molar-refractivity contribution in [2.45, 2.75) is 6.10 Å². The number of ether oxygens (including phenoxy) is 2. The molecule has 0 saturated carbocycles. The molecule has 3 aromatic rings. The van der Waals surface area contributed by atoms with Gasteiger partial charge < -0.3 is 9.47 Å². The van der Waals surface area contributed by atoms with E-state index in [1.807, 2.05) is 0 Å². The molecule has 4 rings (SSSR count). The molecule has 1 heterocycles. The second-order valence-electron chi connectivity index (χ2n) is 7.17. The lowest BCUT2D eigenvalue weighted by atomic mass is 10.0. The van der Waals surface area contributed by atoms with Crippen LogP contribution in [0, 0.1) is 5.41 Å². The molecule has 1 fully saturated rings. The Morgan fingerprint density at radius 2 is 1.44 bits per heavy atom. The van der Waals surface area contributed by atoms with Crippen molar-refractivity contribution in [1.82, 2.24) is 10.9 Å². The third kappa shape index (κ3) is 4.99. The number of hydrogen-bond acceptors (Lipinski definition) is 7. The molecule has 0 aliphatic carbocycles. The molecule has 0 unspecified atom stereocenters. The number of benzene rings is 3. The van der Waals surface area contributed by atoms with Crippen molar-refractivity contribution >= 4 is 29.1 Å². The van der Waals surface area contributed by atoms with Gasteiger partial charge in [-0.2, -0.15) is 10.2 Å². The fraction of sp³-hybridized carbons (Fsp3) is 0.0800. The molecule has 9 heteroatoms. The van der Waals surface area contributed by atoms with Crippen molar-refractivity contribution in [3.63, 3.8) is 0 Å². The first-order valence-electron chi connectivity index (χ1n) is 10.3. The summed E-state index contributed by atoms with van der Waals surface area (Å²) in [5, 5.41) is 16.6. The van der Waals surface area contributed by atoms with E-state index in [4.69, 9.17) is 14.9 Å². The number of nitrogens with zero attached hydrogens (tertiary/aromatic N) is 2. The standard InChI is InChI=1S/C25H21N5O4/c1-33-19-14-8-13-18(15-19)22-20(27-29-24(31)16-9-4-2-5-10-16)21(23(26)34-22)28-30-25(32)17-11-6-3-7-12-17/h2-15,22,26H,1H3,(H,29,31)(H,30,32)/b26-23?,27-20+,28-21+/t22-/m1/s1. The van der Waals surface area contributed by atoms with Gasteiger partial charge in [0.1, 0.15) is 11.5 Å². The summed E-state index contributed by atoms with van der Waals surface area (Å²) in [6.07, 6.45) is -0.842. The maximum absolute atomic E-state index is 12.5. The van der Waals surface area contributed by atoms with Gasteiger partial charge in [0.25, 0.3) is 11.8 Å². The number of rotatable bonds is 6. The SMILES string of the molecule is COc1cccc([C@H]2OC(=N)C(=N/NC(=O)c3ccccc3)/C2=N\NC(=O)c2ccccc2)c1. The van der Waals surface area contributed by atoms with E-state index in [1.54, 1.807) is 84.9 Å². The predicted octanol–water partition coefficient (Wildman–Crippen LogP) is 3.32. The van der Waals surface area contributed by atoms with Crippen molar-refractivity contribution in [3.05, 3.63) is 102 Å². The van der Waals surface area contributed by atoms with Gasteiger partial charge in [-0.25, -0.2) is 10.9 Å². The Balaban J connectivity index is 1.66. The third-order valence-corrected chi connectivity index (χ3v) is 4.96. The van der Waals surface area contributed by atoms with Crippen molar-refractivity contribution in [3.8, 4) is 5.75 Å². The van der Waals surface area contributed by atoms with Gasteiger partial charge in [0.05, 0.1) is 7.11 Å². The highest BCUT2D eigenvalue weighted by Crippen LogP contribution is 2.29. The summed E-state index contributed by atoms with van der Waals surface area (Å²) in [5.41, 5.74) is 6.51. The van der Waals surface area contributed by atoms with Gasteiger partial charge in [0, 0.05) is 16.7 Å². The lowest BCUT2D eigenvalue weighted by Gasteiger charge is -2.12. The Bertz CT molecular complexity index is 1270. The van der Waals surface area contributed by atoms with Gasteiger partial charge in [0.2, 0.25) is 5.90 Å². The van der Waals surface area contributed by atoms with Crippen LogP contribution in [0.2, 0.25) is 0 Å². The van der Waals surface area contributed by atoms with E-state index in [0.717, 1.165) is 0 Å². The van der Waals surface area contributed by atoms with Crippen molar-refractivity contribution in [1.29, 1.82) is 5.41 Å². The average molecular weight is 455 g/mol. The Labute approximate surface area is 195 Å². The highest BCUT2D eigenvalue weighted by molar-refractivity contribution is 6.69. The molecule has 34 heavy (non-hydrogen) atoms. The van der Waals surface area contributed by atoms with Gasteiger partial charge in [-0.05, 0) is 36.4 Å². The van der Waals surface area contributed by atoms with Crippen LogP contribution in [0.15, 0.2) is 95.1 Å². The third-order valence-electron chi connectivity index (χ3n) is 4.96. The number of nitrogens with one attached hydrogen (secondary N) is 3. The van der Waals surface area contributed by atoms with Crippen molar-refractivity contribution < 1.29 is 19.1 Å². The number of carbonyl (C=O) groups excluding carboxylic acids is 2. The van der Waals surface area contributed by atoms with E-state index in [0.29, 0.717) is 22.4 Å². The second-order valence-corrected chi connectivity index (χ2v) is 7.17. The van der Waals surface area contributed by atoms with Crippen LogP contribution in [-0.2, 0) is 4.74 Å². The first kappa shape index (κ1) is 22.4. The van der Waals surface area contributed by atoms with Gasteiger partial charge in [-0.1, -0.05) is 48.5 Å². The maximum atomic E-state index is 12.5. The zero-order valence-electron chi connectivity index (χ0n) is 18.2. The molecule has 0 bridgehead atoms. The monoisotopic (exact) mass is 455 g/mol. The van der Waals surface area contributed by atoms with Crippen LogP contribution in [0.5, 0.6) is 5.75 Å². The highest BCUT2D eigenvalue weighted by Gasteiger charge is 2.38. The minimum atomic E-state index is -0.842. The first-order chi connectivity index (χ1) is 16.6. The van der Waals surface area contributed by atoms with E-state index < -0.39 is 17.9 Å². The summed E-state index contributed by atoms with van der Waals surface area (Å²) in [4.78, 5) is 25.0. The molecule has 1 aliphatic rings. The predicted molar refractivity (Wildman–Crippen MR) is 127 cm³/mol. The quantitative estimate of drug-likeness (QED) is 0.493. The van der Waals surface area contributed by atoms with Crippen LogP contribution < -0.4 is 15.6 Å². The molecule has 1 aliphatic heterocycles. The van der Waals surface area contributed by atoms with Crippen LogP contribution in [0.1, 0.15) is 32.4 Å². The van der Waals surface area contributed by atoms with E-state index in [2.05, 4.69) is 21.1 Å². The Kier molecular flexibility index (Phi) is 6.73. The topological polar surface area (TPSA) is 125 Å². The zero-order chi connectivity index (χ0) is 23.9. The Hall–Kier alpha value is -4.79. The number of methoxy groups -OCH3 is 1. The zero-order valence-corrected chi connectivity index (χ0v) is 18.2. The number of amides is 2. The molecule has 9 nitrogen and oxygen atoms in total. The molecule has 170 valence electrons. The average Bonchev–Trinajstić information content (AvgIpc) is 3.21. The minimum Gasteiger partial charge on any atom is -0.497 e. The van der Waals surface area contributed by atoms with Crippen LogP contribution in [0.25, 0.3) is 0 Å². The first-order valence-corrected chi connectivity index (χ1v) is 10.3. The van der Waals surface area contributed by atoms with Gasteiger partial charge in [-0.3, -0.25) is 15.0 Å². The summed E-state index contributed by atoms with van der Waals surface area (Å²) in [6, 6.07) is 24.2. The molecular weight excluding hydrogens is 434 g/mol. The van der Waals surface area contributed by atoms with Gasteiger partial charge >= 0.3 is 0 Å². The number of carbonyl (C=O) groups is 2. The van der Waals surface area contributed by atoms with E-state index in [1.165, 1.54) is 7.11 Å². The molecule has 1 atom stereocenters. The fourth-order valence-corrected chi connectivity index (χ4v) is 3.25. The molecule has 1 saturated heterocycles. The maximum Gasteiger partial charge on any atom is 0.271 e. The van der Waals surface area contributed by atoms with E-state index >= 15 is 0 Å². The van der Waals surface area contributed by atoms with E-state index in [-0.39, 0.29) is 17.3 Å². The summed E-state index contributed by atoms with van der Waals surface area (Å²) >= 11 is 0. The summed E-state index contributed by atoms with van der Waals surface area (Å²) in [7, 11) is 1.54. The van der Waals surface area contributed by atoms with Crippen LogP contribution in [0.3, 0.4) is 0 Å². The summed E-state index contributed by atoms with van der Waals surface area (Å²) in [5.74, 6) is -0.612. The largest absolute Gasteiger partial charge is 0.497 e. The van der Waals surface area contributed by atoms with Gasteiger partial charge in [-0.15, -0.1) is 0 Å². The van der Waals surface area contributed by atoms with E-state index in [9.17, 15) is 9.59 Å². The van der Waals surface area contributed by atoms with Crippen LogP contribution in [0.4, 0.5) is 0 Å². The van der Waals surface area contributed by atoms with Crippen LogP contribution >= 0.6 is 0 Å². The fourth-order valence-electron chi connectivity index (χ4n) is 3.25. The number of hydrogen-bond donors (Lipinski definition) is 3. The molecule has 3 aromatic carbocycles. The molecule has 0 spiro atoms.